The molecule has 1 aromatic carbocycles. The summed E-state index contributed by atoms with van der Waals surface area (Å²) in [4.78, 5) is 26.1. The molecule has 1 aliphatic carbocycles. The minimum atomic E-state index is -0.150. The highest BCUT2D eigenvalue weighted by molar-refractivity contribution is 6.05. The fourth-order valence-corrected chi connectivity index (χ4v) is 3.20. The summed E-state index contributed by atoms with van der Waals surface area (Å²) in [6, 6.07) is 6.09. The zero-order chi connectivity index (χ0) is 15.0. The van der Waals surface area contributed by atoms with Gasteiger partial charge in [0.1, 0.15) is 0 Å². The number of benzene rings is 1. The number of hydrogen-bond acceptors (Lipinski definition) is 3. The quantitative estimate of drug-likeness (QED) is 0.685. The molecule has 0 spiro atoms. The van der Waals surface area contributed by atoms with Crippen LogP contribution in [0, 0.1) is 25.7 Å². The topological polar surface area (TPSA) is 49.4 Å². The maximum absolute atomic E-state index is 12.3. The lowest BCUT2D eigenvalue weighted by atomic mass is 9.85. The lowest BCUT2D eigenvalue weighted by molar-refractivity contribution is -0.139. The number of nitrogens with one attached hydrogen (secondary N) is 1. The van der Waals surface area contributed by atoms with Crippen molar-refractivity contribution in [1.82, 2.24) is 4.90 Å². The fourth-order valence-electron chi connectivity index (χ4n) is 3.20. The summed E-state index contributed by atoms with van der Waals surface area (Å²) in [5, 5.41) is 3.22. The maximum atomic E-state index is 12.3. The lowest BCUT2D eigenvalue weighted by Gasteiger charge is -2.17. The SMILES string of the molecule is Cc1ccc(NCN2C(=O)C3CC=CCC3C2=O)c(C)c1. The minimum absolute atomic E-state index is 0.0355. The molecular weight excluding hydrogens is 264 g/mol. The summed E-state index contributed by atoms with van der Waals surface area (Å²) in [6.07, 6.45) is 5.39. The van der Waals surface area contributed by atoms with Gasteiger partial charge in [-0.05, 0) is 38.3 Å². The molecule has 1 N–H and O–H groups in total. The number of rotatable bonds is 3. The van der Waals surface area contributed by atoms with Crippen molar-refractivity contribution in [2.45, 2.75) is 26.7 Å². The molecule has 0 bridgehead atoms. The third-order valence-corrected chi connectivity index (χ3v) is 4.41. The number of likely N-dealkylation sites (tertiary alicyclic amines) is 1. The van der Waals surface area contributed by atoms with Gasteiger partial charge in [0, 0.05) is 5.69 Å². The molecule has 110 valence electrons. The third kappa shape index (κ3) is 2.46. The number of imide groups is 1. The molecule has 3 rings (SSSR count). The van der Waals surface area contributed by atoms with Gasteiger partial charge < -0.3 is 5.32 Å². The number of carbonyl (C=O) groups is 2. The van der Waals surface area contributed by atoms with Gasteiger partial charge in [0.25, 0.3) is 0 Å². The number of anilines is 1. The molecule has 21 heavy (non-hydrogen) atoms. The average molecular weight is 284 g/mol. The Morgan fingerprint density at radius 1 is 1.10 bits per heavy atom. The van der Waals surface area contributed by atoms with Crippen LogP contribution in [0.15, 0.2) is 30.4 Å². The van der Waals surface area contributed by atoms with Crippen LogP contribution in [-0.4, -0.2) is 23.4 Å². The highest BCUT2D eigenvalue weighted by atomic mass is 16.2. The molecule has 0 saturated carbocycles. The van der Waals surface area contributed by atoms with E-state index < -0.39 is 0 Å². The first-order valence-electron chi connectivity index (χ1n) is 7.39. The first-order chi connectivity index (χ1) is 10.1. The summed E-state index contributed by atoms with van der Waals surface area (Å²) in [7, 11) is 0. The van der Waals surface area contributed by atoms with Crippen molar-refractivity contribution < 1.29 is 9.59 Å². The van der Waals surface area contributed by atoms with Crippen LogP contribution in [0.1, 0.15) is 24.0 Å². The van der Waals surface area contributed by atoms with Crippen molar-refractivity contribution in [2.75, 3.05) is 12.0 Å². The van der Waals surface area contributed by atoms with Crippen LogP contribution in [0.2, 0.25) is 0 Å². The van der Waals surface area contributed by atoms with Crippen LogP contribution >= 0.6 is 0 Å². The van der Waals surface area contributed by atoms with Gasteiger partial charge in [0.15, 0.2) is 0 Å². The van der Waals surface area contributed by atoms with E-state index in [9.17, 15) is 9.59 Å². The van der Waals surface area contributed by atoms with Gasteiger partial charge in [0.05, 0.1) is 18.5 Å². The number of aryl methyl sites for hydroxylation is 2. The first-order valence-corrected chi connectivity index (χ1v) is 7.39. The van der Waals surface area contributed by atoms with Crippen LogP contribution in [0.4, 0.5) is 5.69 Å². The number of amides is 2. The van der Waals surface area contributed by atoms with Crippen LogP contribution in [0.25, 0.3) is 0 Å². The van der Waals surface area contributed by atoms with Gasteiger partial charge >= 0.3 is 0 Å². The Morgan fingerprint density at radius 3 is 2.29 bits per heavy atom. The number of fused-ring (bicyclic) bond motifs is 1. The van der Waals surface area contributed by atoms with Crippen molar-refractivity contribution >= 4 is 17.5 Å². The van der Waals surface area contributed by atoms with E-state index >= 15 is 0 Å². The highest BCUT2D eigenvalue weighted by Crippen LogP contribution is 2.34. The van der Waals surface area contributed by atoms with E-state index in [-0.39, 0.29) is 30.3 Å². The molecular formula is C17H20N2O2. The van der Waals surface area contributed by atoms with Crippen molar-refractivity contribution in [2.24, 2.45) is 11.8 Å². The smallest absolute Gasteiger partial charge is 0.234 e. The first kappa shape index (κ1) is 13.9. The molecule has 4 nitrogen and oxygen atoms in total. The van der Waals surface area contributed by atoms with Crippen molar-refractivity contribution in [1.29, 1.82) is 0 Å². The number of nitrogens with zero attached hydrogens (tertiary/aromatic N) is 1. The Labute approximate surface area is 124 Å². The van der Waals surface area contributed by atoms with E-state index in [1.54, 1.807) is 0 Å². The second kappa shape index (κ2) is 5.35. The van der Waals surface area contributed by atoms with Crippen LogP contribution in [0.5, 0.6) is 0 Å². The van der Waals surface area contributed by atoms with Crippen molar-refractivity contribution in [3.05, 3.63) is 41.5 Å². The molecule has 2 unspecified atom stereocenters. The molecule has 1 fully saturated rings. The summed E-state index contributed by atoms with van der Waals surface area (Å²) >= 11 is 0. The van der Waals surface area contributed by atoms with E-state index in [0.717, 1.165) is 11.3 Å². The summed E-state index contributed by atoms with van der Waals surface area (Å²) in [5.74, 6) is -0.370. The van der Waals surface area contributed by atoms with Crippen LogP contribution < -0.4 is 5.32 Å². The normalized spacial score (nSPS) is 24.4. The van der Waals surface area contributed by atoms with Crippen molar-refractivity contribution in [3.63, 3.8) is 0 Å². The average Bonchev–Trinajstić information content (AvgIpc) is 2.71. The van der Waals surface area contributed by atoms with Crippen molar-refractivity contribution in [3.8, 4) is 0 Å². The predicted molar refractivity (Wildman–Crippen MR) is 81.6 cm³/mol. The van der Waals surface area contributed by atoms with E-state index in [1.807, 2.05) is 38.1 Å². The highest BCUT2D eigenvalue weighted by Gasteiger charge is 2.46. The maximum Gasteiger partial charge on any atom is 0.234 e. The molecule has 0 aromatic heterocycles. The Kier molecular flexibility index (Phi) is 3.53. The Hall–Kier alpha value is -2.10. The van der Waals surface area contributed by atoms with Gasteiger partial charge in [0.2, 0.25) is 11.8 Å². The molecule has 2 aliphatic rings. The Bertz CT molecular complexity index is 595. The Balaban J connectivity index is 1.71. The molecule has 0 radical (unpaired) electrons. The summed E-state index contributed by atoms with van der Waals surface area (Å²) in [6.45, 7) is 4.32. The molecule has 2 atom stereocenters. The van der Waals surface area contributed by atoms with E-state index in [4.69, 9.17) is 0 Å². The third-order valence-electron chi connectivity index (χ3n) is 4.41. The number of carbonyl (C=O) groups excluding carboxylic acids is 2. The van der Waals surface area contributed by atoms with E-state index in [0.29, 0.717) is 12.8 Å². The van der Waals surface area contributed by atoms with Crippen LogP contribution in [-0.2, 0) is 9.59 Å². The monoisotopic (exact) mass is 284 g/mol. The largest absolute Gasteiger partial charge is 0.367 e. The molecule has 2 amide bonds. The molecule has 1 aromatic rings. The second-order valence-electron chi connectivity index (χ2n) is 5.91. The van der Waals surface area contributed by atoms with E-state index in [1.165, 1.54) is 10.5 Å². The Morgan fingerprint density at radius 2 is 1.71 bits per heavy atom. The number of allylic oxidation sites excluding steroid dienone is 2. The number of hydrogen-bond donors (Lipinski definition) is 1. The summed E-state index contributed by atoms with van der Waals surface area (Å²) in [5.41, 5.74) is 3.28. The van der Waals surface area contributed by atoms with Crippen LogP contribution in [0.3, 0.4) is 0 Å². The van der Waals surface area contributed by atoms with Gasteiger partial charge in [-0.3, -0.25) is 14.5 Å². The second-order valence-corrected chi connectivity index (χ2v) is 5.91. The molecule has 4 heteroatoms. The minimum Gasteiger partial charge on any atom is -0.367 e. The molecule has 1 saturated heterocycles. The molecule has 1 aliphatic heterocycles. The molecule has 1 heterocycles. The zero-order valence-corrected chi connectivity index (χ0v) is 12.4. The predicted octanol–water partition coefficient (Wildman–Crippen LogP) is 2.62. The van der Waals surface area contributed by atoms with Gasteiger partial charge in [-0.1, -0.05) is 29.8 Å². The van der Waals surface area contributed by atoms with Gasteiger partial charge in [-0.15, -0.1) is 0 Å². The zero-order valence-electron chi connectivity index (χ0n) is 12.4. The van der Waals surface area contributed by atoms with Gasteiger partial charge in [-0.25, -0.2) is 0 Å². The van der Waals surface area contributed by atoms with Gasteiger partial charge in [-0.2, -0.15) is 0 Å². The van der Waals surface area contributed by atoms with E-state index in [2.05, 4.69) is 11.4 Å². The fraction of sp³-hybridized carbons (Fsp3) is 0.412. The standard InChI is InChI=1S/C17H20N2O2/c1-11-7-8-15(12(2)9-11)18-10-19-16(20)13-5-3-4-6-14(13)17(19)21/h3-4,7-9,13-14,18H,5-6,10H2,1-2H3. The summed E-state index contributed by atoms with van der Waals surface area (Å²) < 4.78 is 0. The lowest BCUT2D eigenvalue weighted by Crippen LogP contribution is -2.35.